The molecule has 1 unspecified atom stereocenters. The van der Waals surface area contributed by atoms with E-state index in [0.717, 1.165) is 0 Å². The van der Waals surface area contributed by atoms with Crippen molar-refractivity contribution in [2.45, 2.75) is 6.04 Å². The number of hydrogen-bond acceptors (Lipinski definition) is 4. The van der Waals surface area contributed by atoms with E-state index in [0.29, 0.717) is 16.5 Å². The molecular formula is C11H16Cl2N2O3. The molecule has 3 N–H and O–H groups in total. The molecule has 1 atom stereocenters. The number of carbonyl (C=O) groups excluding carboxylic acids is 1. The number of anilines is 1. The summed E-state index contributed by atoms with van der Waals surface area (Å²) in [5.74, 6) is 0.166. The predicted molar refractivity (Wildman–Crippen MR) is 73.7 cm³/mol. The molecule has 1 aromatic carbocycles. The Balaban J connectivity index is 0.00000289. The van der Waals surface area contributed by atoms with Gasteiger partial charge in [0.1, 0.15) is 11.8 Å². The van der Waals surface area contributed by atoms with Gasteiger partial charge in [0.15, 0.2) is 0 Å². The number of amides is 1. The number of ether oxygens (including phenoxy) is 2. The number of halogens is 2. The van der Waals surface area contributed by atoms with Crippen LogP contribution >= 0.6 is 24.0 Å². The van der Waals surface area contributed by atoms with Crippen molar-refractivity contribution in [2.75, 3.05) is 26.1 Å². The fourth-order valence-electron chi connectivity index (χ4n) is 1.26. The molecule has 0 aliphatic heterocycles. The Morgan fingerprint density at radius 1 is 1.50 bits per heavy atom. The lowest BCUT2D eigenvalue weighted by Crippen LogP contribution is -2.39. The predicted octanol–water partition coefficient (Wildman–Crippen LogP) is 1.68. The third-order valence-electron chi connectivity index (χ3n) is 2.10. The van der Waals surface area contributed by atoms with E-state index in [1.165, 1.54) is 14.2 Å². The van der Waals surface area contributed by atoms with Crippen molar-refractivity contribution in [3.8, 4) is 5.75 Å². The highest BCUT2D eigenvalue weighted by atomic mass is 35.5. The Morgan fingerprint density at radius 3 is 2.72 bits per heavy atom. The highest BCUT2D eigenvalue weighted by molar-refractivity contribution is 6.31. The quantitative estimate of drug-likeness (QED) is 0.867. The third-order valence-corrected chi connectivity index (χ3v) is 2.34. The second-order valence-electron chi connectivity index (χ2n) is 3.40. The smallest absolute Gasteiger partial charge is 0.243 e. The fraction of sp³-hybridized carbons (Fsp3) is 0.364. The van der Waals surface area contributed by atoms with Crippen LogP contribution in [0.15, 0.2) is 18.2 Å². The van der Waals surface area contributed by atoms with Crippen molar-refractivity contribution < 1.29 is 14.3 Å². The number of nitrogens with one attached hydrogen (secondary N) is 1. The number of carbonyl (C=O) groups is 1. The molecule has 1 amide bonds. The van der Waals surface area contributed by atoms with E-state index in [2.05, 4.69) is 5.32 Å². The largest absolute Gasteiger partial charge is 0.495 e. The first-order chi connectivity index (χ1) is 8.08. The topological polar surface area (TPSA) is 73.6 Å². The van der Waals surface area contributed by atoms with E-state index in [-0.39, 0.29) is 24.9 Å². The molecule has 0 spiro atoms. The number of hydrogen-bond donors (Lipinski definition) is 2. The van der Waals surface area contributed by atoms with Crippen molar-refractivity contribution >= 4 is 35.6 Å². The SMILES string of the molecule is COCC(N)C(=O)Nc1cc(Cl)ccc1OC.Cl. The second-order valence-corrected chi connectivity index (χ2v) is 3.83. The summed E-state index contributed by atoms with van der Waals surface area (Å²) in [6.07, 6.45) is 0. The van der Waals surface area contributed by atoms with Gasteiger partial charge in [0, 0.05) is 12.1 Å². The van der Waals surface area contributed by atoms with Crippen LogP contribution in [0.25, 0.3) is 0 Å². The number of benzene rings is 1. The average Bonchev–Trinajstić information content (AvgIpc) is 2.29. The summed E-state index contributed by atoms with van der Waals surface area (Å²) < 4.78 is 9.90. The standard InChI is InChI=1S/C11H15ClN2O3.ClH/c1-16-6-8(13)11(15)14-9-5-7(12)3-4-10(9)17-2;/h3-5,8H,6,13H2,1-2H3,(H,14,15);1H. The maximum absolute atomic E-state index is 11.7. The van der Waals surface area contributed by atoms with Gasteiger partial charge >= 0.3 is 0 Å². The summed E-state index contributed by atoms with van der Waals surface area (Å²) in [7, 11) is 2.99. The van der Waals surface area contributed by atoms with Crippen LogP contribution in [-0.2, 0) is 9.53 Å². The molecule has 0 radical (unpaired) electrons. The van der Waals surface area contributed by atoms with Gasteiger partial charge < -0.3 is 20.5 Å². The Bertz CT molecular complexity index is 402. The Kier molecular flexibility index (Phi) is 7.70. The van der Waals surface area contributed by atoms with E-state index in [1.807, 2.05) is 0 Å². The Hall–Kier alpha value is -1.01. The Morgan fingerprint density at radius 2 is 2.17 bits per heavy atom. The molecule has 18 heavy (non-hydrogen) atoms. The minimum Gasteiger partial charge on any atom is -0.495 e. The van der Waals surface area contributed by atoms with E-state index in [4.69, 9.17) is 26.8 Å². The summed E-state index contributed by atoms with van der Waals surface area (Å²) in [5.41, 5.74) is 6.08. The van der Waals surface area contributed by atoms with Crippen molar-refractivity contribution in [1.82, 2.24) is 0 Å². The van der Waals surface area contributed by atoms with Crippen molar-refractivity contribution in [3.05, 3.63) is 23.2 Å². The van der Waals surface area contributed by atoms with Gasteiger partial charge in [-0.15, -0.1) is 12.4 Å². The van der Waals surface area contributed by atoms with Crippen LogP contribution in [0, 0.1) is 0 Å². The molecule has 0 aromatic heterocycles. The summed E-state index contributed by atoms with van der Waals surface area (Å²) in [6.45, 7) is 0.148. The van der Waals surface area contributed by atoms with Crippen LogP contribution in [0.5, 0.6) is 5.75 Å². The number of methoxy groups -OCH3 is 2. The first-order valence-corrected chi connectivity index (χ1v) is 5.35. The molecule has 0 aliphatic rings. The number of rotatable bonds is 5. The van der Waals surface area contributed by atoms with E-state index >= 15 is 0 Å². The van der Waals surface area contributed by atoms with Gasteiger partial charge in [-0.3, -0.25) is 4.79 Å². The van der Waals surface area contributed by atoms with Crippen LogP contribution in [0.1, 0.15) is 0 Å². The minimum atomic E-state index is -0.733. The van der Waals surface area contributed by atoms with Crippen molar-refractivity contribution in [1.29, 1.82) is 0 Å². The van der Waals surface area contributed by atoms with Crippen LogP contribution in [0.4, 0.5) is 5.69 Å². The monoisotopic (exact) mass is 294 g/mol. The maximum Gasteiger partial charge on any atom is 0.243 e. The maximum atomic E-state index is 11.7. The van der Waals surface area contributed by atoms with Gasteiger partial charge in [-0.1, -0.05) is 11.6 Å². The molecule has 1 rings (SSSR count). The zero-order chi connectivity index (χ0) is 12.8. The molecule has 102 valence electrons. The van der Waals surface area contributed by atoms with Gasteiger partial charge in [-0.2, -0.15) is 0 Å². The fourth-order valence-corrected chi connectivity index (χ4v) is 1.43. The summed E-state index contributed by atoms with van der Waals surface area (Å²) in [4.78, 5) is 11.7. The summed E-state index contributed by atoms with van der Waals surface area (Å²) in [5, 5.41) is 3.13. The second kappa shape index (κ2) is 8.16. The highest BCUT2D eigenvalue weighted by Crippen LogP contribution is 2.27. The molecule has 0 heterocycles. The van der Waals surface area contributed by atoms with Crippen LogP contribution in [0.2, 0.25) is 5.02 Å². The van der Waals surface area contributed by atoms with Gasteiger partial charge in [-0.25, -0.2) is 0 Å². The van der Waals surface area contributed by atoms with Gasteiger partial charge in [0.25, 0.3) is 0 Å². The first kappa shape index (κ1) is 17.0. The molecule has 0 saturated carbocycles. The van der Waals surface area contributed by atoms with Gasteiger partial charge in [0.05, 0.1) is 19.4 Å². The lowest BCUT2D eigenvalue weighted by molar-refractivity contribution is -0.118. The molecule has 1 aromatic rings. The molecule has 0 aliphatic carbocycles. The average molecular weight is 295 g/mol. The minimum absolute atomic E-state index is 0. The zero-order valence-electron chi connectivity index (χ0n) is 10.1. The van der Waals surface area contributed by atoms with Crippen LogP contribution < -0.4 is 15.8 Å². The molecule has 7 heteroatoms. The van der Waals surface area contributed by atoms with Gasteiger partial charge in [0.2, 0.25) is 5.91 Å². The summed E-state index contributed by atoms with van der Waals surface area (Å²) in [6, 6.07) is 4.20. The molecule has 0 saturated heterocycles. The lowest BCUT2D eigenvalue weighted by Gasteiger charge is -2.13. The van der Waals surface area contributed by atoms with Gasteiger partial charge in [-0.05, 0) is 18.2 Å². The zero-order valence-corrected chi connectivity index (χ0v) is 11.7. The van der Waals surface area contributed by atoms with E-state index in [9.17, 15) is 4.79 Å². The lowest BCUT2D eigenvalue weighted by atomic mass is 10.2. The highest BCUT2D eigenvalue weighted by Gasteiger charge is 2.15. The third kappa shape index (κ3) is 4.70. The van der Waals surface area contributed by atoms with Crippen LogP contribution in [-0.4, -0.2) is 32.8 Å². The van der Waals surface area contributed by atoms with Crippen molar-refractivity contribution in [3.63, 3.8) is 0 Å². The summed E-state index contributed by atoms with van der Waals surface area (Å²) >= 11 is 5.84. The molecular weight excluding hydrogens is 279 g/mol. The van der Waals surface area contributed by atoms with E-state index in [1.54, 1.807) is 18.2 Å². The van der Waals surface area contributed by atoms with Crippen LogP contribution in [0.3, 0.4) is 0 Å². The molecule has 0 fully saturated rings. The normalized spacial score (nSPS) is 11.3. The van der Waals surface area contributed by atoms with Crippen molar-refractivity contribution in [2.24, 2.45) is 5.73 Å². The Labute approximate surface area is 117 Å². The number of nitrogens with two attached hydrogens (primary N) is 1. The molecule has 5 nitrogen and oxygen atoms in total. The van der Waals surface area contributed by atoms with E-state index < -0.39 is 6.04 Å². The molecule has 0 bridgehead atoms. The first-order valence-electron chi connectivity index (χ1n) is 4.97.